The van der Waals surface area contributed by atoms with Crippen LogP contribution in [0.3, 0.4) is 0 Å². The Morgan fingerprint density at radius 3 is 2.33 bits per heavy atom. The van der Waals surface area contributed by atoms with Crippen molar-refractivity contribution in [3.8, 4) is 0 Å². The van der Waals surface area contributed by atoms with E-state index in [9.17, 15) is 4.79 Å². The average molecular weight is 281 g/mol. The molecule has 2 aromatic carbocycles. The van der Waals surface area contributed by atoms with Gasteiger partial charge in [0.15, 0.2) is 0 Å². The summed E-state index contributed by atoms with van der Waals surface area (Å²) in [6, 6.07) is 12.3. The summed E-state index contributed by atoms with van der Waals surface area (Å²) in [5.41, 5.74) is 1.46. The van der Waals surface area contributed by atoms with E-state index in [4.69, 9.17) is 4.74 Å². The molecule has 3 rings (SSSR count). The lowest BCUT2D eigenvalue weighted by Gasteiger charge is -2.19. The summed E-state index contributed by atoms with van der Waals surface area (Å²) in [6.45, 7) is 7.63. The molecule has 3 nitrogen and oxygen atoms in total. The average Bonchev–Trinajstić information content (AvgIpc) is 2.72. The Kier molecular flexibility index (Phi) is 3.01. The van der Waals surface area contributed by atoms with Gasteiger partial charge in [-0.2, -0.15) is 0 Å². The molecule has 0 bridgehead atoms. The molecule has 0 unspecified atom stereocenters. The minimum Gasteiger partial charge on any atom is -0.443 e. The lowest BCUT2D eigenvalue weighted by atomic mass is 10.1. The van der Waals surface area contributed by atoms with Crippen LogP contribution in [0.5, 0.6) is 0 Å². The van der Waals surface area contributed by atoms with Crippen LogP contribution in [0, 0.1) is 6.92 Å². The highest BCUT2D eigenvalue weighted by molar-refractivity contribution is 6.01. The summed E-state index contributed by atoms with van der Waals surface area (Å²) < 4.78 is 7.08. The standard InChI is InChI=1S/C18H19NO2/c1-12-11-19(17(20)21-18(2,3)4)16-10-14-8-6-5-7-13(14)9-15(12)16/h5-11H,1-4H3. The number of hydrogen-bond acceptors (Lipinski definition) is 2. The lowest BCUT2D eigenvalue weighted by Crippen LogP contribution is -2.26. The maximum atomic E-state index is 12.4. The van der Waals surface area contributed by atoms with Crippen LogP contribution in [-0.4, -0.2) is 16.3 Å². The van der Waals surface area contributed by atoms with Crippen molar-refractivity contribution in [3.63, 3.8) is 0 Å². The third-order valence-electron chi connectivity index (χ3n) is 3.46. The first kappa shape index (κ1) is 13.7. The number of aryl methyl sites for hydroxylation is 1. The second kappa shape index (κ2) is 4.62. The van der Waals surface area contributed by atoms with Crippen molar-refractivity contribution < 1.29 is 9.53 Å². The number of ether oxygens (including phenoxy) is 1. The molecule has 0 saturated carbocycles. The van der Waals surface area contributed by atoms with Crippen molar-refractivity contribution in [1.82, 2.24) is 4.57 Å². The van der Waals surface area contributed by atoms with Crippen LogP contribution < -0.4 is 0 Å². The molecule has 0 spiro atoms. The van der Waals surface area contributed by atoms with Gasteiger partial charge in [-0.05, 0) is 56.2 Å². The van der Waals surface area contributed by atoms with E-state index in [-0.39, 0.29) is 6.09 Å². The molecule has 0 fully saturated rings. The number of fused-ring (bicyclic) bond motifs is 2. The quantitative estimate of drug-likeness (QED) is 0.587. The highest BCUT2D eigenvalue weighted by Gasteiger charge is 2.20. The molecular formula is C18H19NO2. The highest BCUT2D eigenvalue weighted by Crippen LogP contribution is 2.27. The van der Waals surface area contributed by atoms with Crippen LogP contribution in [0.1, 0.15) is 26.3 Å². The summed E-state index contributed by atoms with van der Waals surface area (Å²) in [7, 11) is 0. The van der Waals surface area contributed by atoms with E-state index in [2.05, 4.69) is 18.2 Å². The van der Waals surface area contributed by atoms with Crippen molar-refractivity contribution >= 4 is 27.8 Å². The minimum absolute atomic E-state index is 0.337. The topological polar surface area (TPSA) is 31.2 Å². The van der Waals surface area contributed by atoms with Crippen molar-refractivity contribution in [2.24, 2.45) is 0 Å². The summed E-state index contributed by atoms with van der Waals surface area (Å²) in [4.78, 5) is 12.4. The van der Waals surface area contributed by atoms with Crippen LogP contribution in [0.25, 0.3) is 21.7 Å². The molecule has 0 aliphatic heterocycles. The smallest absolute Gasteiger partial charge is 0.419 e. The zero-order chi connectivity index (χ0) is 15.2. The number of carbonyl (C=O) groups is 1. The van der Waals surface area contributed by atoms with Crippen LogP contribution in [0.4, 0.5) is 4.79 Å². The van der Waals surface area contributed by atoms with Gasteiger partial charge in [-0.1, -0.05) is 24.3 Å². The van der Waals surface area contributed by atoms with Gasteiger partial charge in [0.2, 0.25) is 0 Å². The van der Waals surface area contributed by atoms with Crippen LogP contribution >= 0.6 is 0 Å². The molecule has 21 heavy (non-hydrogen) atoms. The molecule has 0 aliphatic rings. The minimum atomic E-state index is -0.502. The summed E-state index contributed by atoms with van der Waals surface area (Å²) in [5, 5.41) is 3.38. The molecular weight excluding hydrogens is 262 g/mol. The van der Waals surface area contributed by atoms with Gasteiger partial charge in [0.1, 0.15) is 5.60 Å². The van der Waals surface area contributed by atoms with Crippen molar-refractivity contribution in [1.29, 1.82) is 0 Å². The van der Waals surface area contributed by atoms with Gasteiger partial charge in [0.25, 0.3) is 0 Å². The fourth-order valence-electron chi connectivity index (χ4n) is 2.54. The number of carbonyl (C=O) groups excluding carboxylic acids is 1. The molecule has 108 valence electrons. The van der Waals surface area contributed by atoms with Gasteiger partial charge in [0.05, 0.1) is 5.52 Å². The van der Waals surface area contributed by atoms with E-state index in [0.717, 1.165) is 21.9 Å². The number of rotatable bonds is 0. The van der Waals surface area contributed by atoms with Crippen molar-refractivity contribution in [2.45, 2.75) is 33.3 Å². The zero-order valence-corrected chi connectivity index (χ0v) is 12.8. The summed E-state index contributed by atoms with van der Waals surface area (Å²) >= 11 is 0. The van der Waals surface area contributed by atoms with Gasteiger partial charge >= 0.3 is 6.09 Å². The van der Waals surface area contributed by atoms with E-state index in [1.54, 1.807) is 4.57 Å². The second-order valence-electron chi connectivity index (χ2n) is 6.38. The van der Waals surface area contributed by atoms with Crippen LogP contribution in [-0.2, 0) is 4.74 Å². The molecule has 1 heterocycles. The SMILES string of the molecule is Cc1cn(C(=O)OC(C)(C)C)c2cc3ccccc3cc12. The molecule has 0 atom stereocenters. The Balaban J connectivity index is 2.20. The van der Waals surface area contributed by atoms with Gasteiger partial charge in [-0.15, -0.1) is 0 Å². The molecule has 3 aromatic rings. The monoisotopic (exact) mass is 281 g/mol. The fraction of sp³-hybridized carbons (Fsp3) is 0.278. The fourth-order valence-corrected chi connectivity index (χ4v) is 2.54. The first-order valence-corrected chi connectivity index (χ1v) is 7.09. The highest BCUT2D eigenvalue weighted by atomic mass is 16.6. The number of aromatic nitrogens is 1. The normalized spacial score (nSPS) is 12.0. The van der Waals surface area contributed by atoms with E-state index in [1.807, 2.05) is 52.1 Å². The van der Waals surface area contributed by atoms with E-state index < -0.39 is 5.60 Å². The zero-order valence-electron chi connectivity index (χ0n) is 12.8. The van der Waals surface area contributed by atoms with Crippen LogP contribution in [0.2, 0.25) is 0 Å². The predicted octanol–water partition coefficient (Wildman–Crippen LogP) is 4.89. The number of nitrogens with zero attached hydrogens (tertiary/aromatic N) is 1. The molecule has 0 amide bonds. The number of benzene rings is 2. The van der Waals surface area contributed by atoms with Crippen molar-refractivity contribution in [3.05, 3.63) is 48.2 Å². The maximum Gasteiger partial charge on any atom is 0.419 e. The Bertz CT molecular complexity index is 837. The number of hydrogen-bond donors (Lipinski definition) is 0. The molecule has 0 saturated heterocycles. The van der Waals surface area contributed by atoms with E-state index >= 15 is 0 Å². The van der Waals surface area contributed by atoms with E-state index in [1.165, 1.54) is 5.39 Å². The molecule has 0 aliphatic carbocycles. The second-order valence-corrected chi connectivity index (χ2v) is 6.38. The molecule has 0 N–H and O–H groups in total. The van der Waals surface area contributed by atoms with Gasteiger partial charge in [0, 0.05) is 11.6 Å². The van der Waals surface area contributed by atoms with Crippen LogP contribution in [0.15, 0.2) is 42.6 Å². The van der Waals surface area contributed by atoms with Crippen molar-refractivity contribution in [2.75, 3.05) is 0 Å². The van der Waals surface area contributed by atoms with Gasteiger partial charge in [-0.3, -0.25) is 4.57 Å². The summed E-state index contributed by atoms with van der Waals surface area (Å²) in [6.07, 6.45) is 1.51. The molecule has 3 heteroatoms. The Morgan fingerprint density at radius 2 is 1.71 bits per heavy atom. The first-order chi connectivity index (χ1) is 9.85. The van der Waals surface area contributed by atoms with Gasteiger partial charge < -0.3 is 4.74 Å². The maximum absolute atomic E-state index is 12.4. The van der Waals surface area contributed by atoms with E-state index in [0.29, 0.717) is 0 Å². The third kappa shape index (κ3) is 2.51. The summed E-state index contributed by atoms with van der Waals surface area (Å²) in [5.74, 6) is 0. The van der Waals surface area contributed by atoms with Gasteiger partial charge in [-0.25, -0.2) is 4.79 Å². The largest absolute Gasteiger partial charge is 0.443 e. The third-order valence-corrected chi connectivity index (χ3v) is 3.46. The first-order valence-electron chi connectivity index (χ1n) is 7.09. The lowest BCUT2D eigenvalue weighted by molar-refractivity contribution is 0.0544. The molecule has 0 radical (unpaired) electrons. The Hall–Kier alpha value is -2.29. The predicted molar refractivity (Wildman–Crippen MR) is 85.8 cm³/mol. The Morgan fingerprint density at radius 1 is 1.10 bits per heavy atom. The Labute approximate surface area is 124 Å². The molecule has 1 aromatic heterocycles.